The molecule has 1 aliphatic heterocycles. The molecule has 1 aliphatic rings. The van der Waals surface area contributed by atoms with E-state index in [1.165, 1.54) is 4.90 Å². The van der Waals surface area contributed by atoms with Gasteiger partial charge in [-0.05, 0) is 44.2 Å². The smallest absolute Gasteiger partial charge is 0.407 e. The Morgan fingerprint density at radius 1 is 1.22 bits per heavy atom. The number of rotatable bonds is 4. The molecule has 1 N–H and O–H groups in total. The molecule has 1 aromatic carbocycles. The van der Waals surface area contributed by atoms with Crippen LogP contribution in [-0.4, -0.2) is 59.3 Å². The minimum absolute atomic E-state index is 0.179. The minimum atomic E-state index is -1.06. The van der Waals surface area contributed by atoms with Crippen molar-refractivity contribution in [2.24, 2.45) is 10.8 Å². The number of aryl methyl sites for hydroxylation is 1. The molecule has 0 aromatic heterocycles. The molecule has 0 spiro atoms. The molecule has 6 nitrogen and oxygen atoms in total. The van der Waals surface area contributed by atoms with Crippen LogP contribution in [0.15, 0.2) is 12.1 Å². The molecular weight excluding hydrogens is 411 g/mol. The van der Waals surface area contributed by atoms with Crippen LogP contribution in [0, 0.1) is 35.4 Å². The van der Waals surface area contributed by atoms with Gasteiger partial charge in [0.15, 0.2) is 0 Å². The number of carbonyl (C=O) groups excluding carboxylic acids is 1. The average molecular weight is 447 g/mol. The molecular formula is C25H35FN2O4. The first kappa shape index (κ1) is 25.7. The third kappa shape index (κ3) is 6.01. The highest BCUT2D eigenvalue weighted by atomic mass is 19.1. The van der Waals surface area contributed by atoms with Gasteiger partial charge in [-0.3, -0.25) is 9.69 Å². The Hall–Kier alpha value is -2.59. The second-order valence-corrected chi connectivity index (χ2v) is 9.92. The maximum Gasteiger partial charge on any atom is 0.407 e. The molecule has 1 heterocycles. The Kier molecular flexibility index (Phi) is 7.95. The van der Waals surface area contributed by atoms with E-state index >= 15 is 4.39 Å². The summed E-state index contributed by atoms with van der Waals surface area (Å²) in [6.07, 6.45) is -0.918. The van der Waals surface area contributed by atoms with E-state index in [2.05, 4.69) is 16.7 Å². The Bertz CT molecular complexity index is 924. The topological polar surface area (TPSA) is 70.1 Å². The van der Waals surface area contributed by atoms with E-state index in [1.54, 1.807) is 33.8 Å². The maximum atomic E-state index is 15.1. The number of esters is 1. The van der Waals surface area contributed by atoms with Gasteiger partial charge in [0.2, 0.25) is 0 Å². The molecule has 1 atom stereocenters. The van der Waals surface area contributed by atoms with E-state index in [4.69, 9.17) is 4.74 Å². The number of halogens is 1. The first-order chi connectivity index (χ1) is 14.8. The molecule has 176 valence electrons. The van der Waals surface area contributed by atoms with Crippen LogP contribution in [0.3, 0.4) is 0 Å². The maximum absolute atomic E-state index is 15.1. The number of amides is 1. The number of hydrogen-bond acceptors (Lipinski definition) is 4. The highest BCUT2D eigenvalue weighted by molar-refractivity contribution is 5.79. The van der Waals surface area contributed by atoms with E-state index in [0.717, 1.165) is 5.56 Å². The van der Waals surface area contributed by atoms with Gasteiger partial charge in [-0.1, -0.05) is 44.7 Å². The first-order valence-electron chi connectivity index (χ1n) is 11.0. The Labute approximate surface area is 190 Å². The standard InChI is InChI=1S/C25H35FN2O4/c1-8-32-22(29)25(6,7)12-11-19-18(10-9-17(2)21(19)26)15-27-13-14-28(23(30)31)20(16-27)24(3,4)5/h9-10,20H,8,13-16H2,1-7H3,(H,30,31). The third-order valence-corrected chi connectivity index (χ3v) is 5.81. The zero-order valence-electron chi connectivity index (χ0n) is 20.2. The van der Waals surface area contributed by atoms with Gasteiger partial charge in [0, 0.05) is 26.2 Å². The van der Waals surface area contributed by atoms with E-state index < -0.39 is 23.3 Å². The van der Waals surface area contributed by atoms with Crippen molar-refractivity contribution in [3.8, 4) is 11.8 Å². The van der Waals surface area contributed by atoms with Crippen molar-refractivity contribution in [2.45, 2.75) is 61.1 Å². The highest BCUT2D eigenvalue weighted by Gasteiger charge is 2.38. The molecule has 0 aliphatic carbocycles. The van der Waals surface area contributed by atoms with Gasteiger partial charge >= 0.3 is 12.1 Å². The van der Waals surface area contributed by atoms with Gasteiger partial charge in [-0.25, -0.2) is 9.18 Å². The van der Waals surface area contributed by atoms with Crippen molar-refractivity contribution in [2.75, 3.05) is 26.2 Å². The largest absolute Gasteiger partial charge is 0.465 e. The molecule has 1 unspecified atom stereocenters. The molecule has 7 heteroatoms. The monoisotopic (exact) mass is 446 g/mol. The van der Waals surface area contributed by atoms with Crippen LogP contribution in [0.2, 0.25) is 0 Å². The fourth-order valence-electron chi connectivity index (χ4n) is 3.76. The molecule has 0 radical (unpaired) electrons. The summed E-state index contributed by atoms with van der Waals surface area (Å²) in [5.74, 6) is 4.95. The Morgan fingerprint density at radius 2 is 1.88 bits per heavy atom. The van der Waals surface area contributed by atoms with Crippen molar-refractivity contribution < 1.29 is 23.8 Å². The highest BCUT2D eigenvalue weighted by Crippen LogP contribution is 2.29. The zero-order chi connectivity index (χ0) is 24.3. The summed E-state index contributed by atoms with van der Waals surface area (Å²) in [5, 5.41) is 9.59. The predicted molar refractivity (Wildman–Crippen MR) is 122 cm³/mol. The summed E-state index contributed by atoms with van der Waals surface area (Å²) in [6, 6.07) is 3.40. The molecule has 0 bridgehead atoms. The van der Waals surface area contributed by atoms with Crippen molar-refractivity contribution in [3.63, 3.8) is 0 Å². The van der Waals surface area contributed by atoms with Crippen LogP contribution in [0.4, 0.5) is 9.18 Å². The van der Waals surface area contributed by atoms with E-state index in [9.17, 15) is 14.7 Å². The second kappa shape index (κ2) is 9.91. The van der Waals surface area contributed by atoms with Gasteiger partial charge in [-0.15, -0.1) is 0 Å². The van der Waals surface area contributed by atoms with Crippen LogP contribution in [0.25, 0.3) is 0 Å². The summed E-state index contributed by atoms with van der Waals surface area (Å²) in [5.41, 5.74) is 0.179. The van der Waals surface area contributed by atoms with E-state index in [0.29, 0.717) is 31.7 Å². The Balaban J connectivity index is 2.34. The van der Waals surface area contributed by atoms with Crippen molar-refractivity contribution in [1.29, 1.82) is 0 Å². The van der Waals surface area contributed by atoms with Crippen LogP contribution in [0.1, 0.15) is 58.2 Å². The van der Waals surface area contributed by atoms with Crippen molar-refractivity contribution in [1.82, 2.24) is 9.80 Å². The van der Waals surface area contributed by atoms with E-state index in [1.807, 2.05) is 26.8 Å². The lowest BCUT2D eigenvalue weighted by Gasteiger charge is -2.46. The lowest BCUT2D eigenvalue weighted by Crippen LogP contribution is -2.59. The van der Waals surface area contributed by atoms with Gasteiger partial charge in [0.1, 0.15) is 11.2 Å². The Morgan fingerprint density at radius 3 is 2.44 bits per heavy atom. The third-order valence-electron chi connectivity index (χ3n) is 5.81. The van der Waals surface area contributed by atoms with Gasteiger partial charge in [0.05, 0.1) is 18.2 Å². The van der Waals surface area contributed by atoms with Gasteiger partial charge in [-0.2, -0.15) is 0 Å². The van der Waals surface area contributed by atoms with Gasteiger partial charge in [0.25, 0.3) is 0 Å². The normalized spacial score (nSPS) is 17.5. The zero-order valence-corrected chi connectivity index (χ0v) is 20.2. The molecule has 2 rings (SSSR count). The number of carbonyl (C=O) groups is 2. The van der Waals surface area contributed by atoms with Crippen LogP contribution in [0.5, 0.6) is 0 Å². The van der Waals surface area contributed by atoms with Crippen molar-refractivity contribution >= 4 is 12.1 Å². The quantitative estimate of drug-likeness (QED) is 0.552. The van der Waals surface area contributed by atoms with Crippen LogP contribution < -0.4 is 0 Å². The van der Waals surface area contributed by atoms with E-state index in [-0.39, 0.29) is 23.6 Å². The summed E-state index contributed by atoms with van der Waals surface area (Å²) < 4.78 is 20.1. The molecule has 1 aromatic rings. The number of carboxylic acid groups (broad SMARTS) is 1. The summed E-state index contributed by atoms with van der Waals surface area (Å²) in [7, 11) is 0. The molecule has 1 fully saturated rings. The van der Waals surface area contributed by atoms with Crippen LogP contribution >= 0.6 is 0 Å². The average Bonchev–Trinajstić information content (AvgIpc) is 2.69. The lowest BCUT2D eigenvalue weighted by atomic mass is 9.84. The number of nitrogens with zero attached hydrogens (tertiary/aromatic N) is 2. The molecule has 0 saturated carbocycles. The second-order valence-electron chi connectivity index (χ2n) is 9.92. The molecule has 1 saturated heterocycles. The predicted octanol–water partition coefficient (Wildman–Crippen LogP) is 4.29. The number of piperazine rings is 1. The van der Waals surface area contributed by atoms with Gasteiger partial charge < -0.3 is 14.7 Å². The SMILES string of the molecule is CCOC(=O)C(C)(C)C#Cc1c(CN2CCN(C(=O)O)C(C(C)(C)C)C2)ccc(C)c1F. The number of ether oxygens (including phenoxy) is 1. The number of benzene rings is 1. The summed E-state index contributed by atoms with van der Waals surface area (Å²) in [4.78, 5) is 27.5. The molecule has 1 amide bonds. The summed E-state index contributed by atoms with van der Waals surface area (Å²) >= 11 is 0. The minimum Gasteiger partial charge on any atom is -0.465 e. The molecule has 32 heavy (non-hydrogen) atoms. The summed E-state index contributed by atoms with van der Waals surface area (Å²) in [6.45, 7) is 15.0. The van der Waals surface area contributed by atoms with Crippen molar-refractivity contribution in [3.05, 3.63) is 34.6 Å². The number of hydrogen-bond donors (Lipinski definition) is 1. The van der Waals surface area contributed by atoms with Crippen LogP contribution in [-0.2, 0) is 16.1 Å². The lowest BCUT2D eigenvalue weighted by molar-refractivity contribution is -0.150. The fraction of sp³-hybridized carbons (Fsp3) is 0.600. The first-order valence-corrected chi connectivity index (χ1v) is 11.0. The fourth-order valence-corrected chi connectivity index (χ4v) is 3.76.